The van der Waals surface area contributed by atoms with Gasteiger partial charge in [-0.15, -0.1) is 0 Å². The number of amides is 1. The number of carbonyl (C=O) groups is 1. The summed E-state index contributed by atoms with van der Waals surface area (Å²) in [6, 6.07) is 19.0. The average Bonchev–Trinajstić information content (AvgIpc) is 3.10. The lowest BCUT2D eigenvalue weighted by molar-refractivity contribution is -0.132. The van der Waals surface area contributed by atoms with Crippen molar-refractivity contribution in [1.29, 1.82) is 0 Å². The van der Waals surface area contributed by atoms with Crippen LogP contribution in [-0.2, 0) is 11.3 Å². The van der Waals surface area contributed by atoms with E-state index in [4.69, 9.17) is 0 Å². The topological polar surface area (TPSA) is 53.4 Å². The van der Waals surface area contributed by atoms with Crippen molar-refractivity contribution in [3.63, 3.8) is 0 Å². The van der Waals surface area contributed by atoms with Crippen LogP contribution in [0, 0.1) is 13.8 Å². The first kappa shape index (κ1) is 20.0. The van der Waals surface area contributed by atoms with E-state index in [1.54, 1.807) is 4.68 Å². The maximum atomic E-state index is 12.8. The van der Waals surface area contributed by atoms with E-state index in [2.05, 4.69) is 63.8 Å². The number of piperazine rings is 1. The van der Waals surface area contributed by atoms with Gasteiger partial charge >= 0.3 is 0 Å². The van der Waals surface area contributed by atoms with E-state index >= 15 is 0 Å². The van der Waals surface area contributed by atoms with E-state index < -0.39 is 0 Å². The van der Waals surface area contributed by atoms with Crippen LogP contribution in [0.3, 0.4) is 0 Å². The number of anilines is 2. The van der Waals surface area contributed by atoms with Crippen molar-refractivity contribution in [3.05, 3.63) is 66.0 Å². The first-order chi connectivity index (χ1) is 14.5. The van der Waals surface area contributed by atoms with Crippen molar-refractivity contribution in [3.8, 4) is 11.1 Å². The number of aryl methyl sites for hydroxylation is 2. The fourth-order valence-electron chi connectivity index (χ4n) is 4.07. The first-order valence-electron chi connectivity index (χ1n) is 10.5. The number of carbonyl (C=O) groups excluding carboxylic acids is 1. The van der Waals surface area contributed by atoms with Crippen LogP contribution in [0.15, 0.2) is 54.6 Å². The number of rotatable bonds is 5. The Labute approximate surface area is 178 Å². The van der Waals surface area contributed by atoms with Crippen LogP contribution in [0.25, 0.3) is 11.1 Å². The lowest BCUT2D eigenvalue weighted by Crippen LogP contribution is -2.49. The van der Waals surface area contributed by atoms with E-state index in [0.717, 1.165) is 43.3 Å². The largest absolute Gasteiger partial charge is 0.388 e. The third kappa shape index (κ3) is 4.17. The predicted molar refractivity (Wildman–Crippen MR) is 122 cm³/mol. The van der Waals surface area contributed by atoms with Gasteiger partial charge in [0.05, 0.1) is 5.69 Å². The zero-order chi connectivity index (χ0) is 21.1. The highest BCUT2D eigenvalue weighted by Crippen LogP contribution is 2.32. The quantitative estimate of drug-likeness (QED) is 0.708. The molecule has 0 bridgehead atoms. The lowest BCUT2D eigenvalue weighted by Gasteiger charge is -2.37. The maximum Gasteiger partial charge on any atom is 0.244 e. The molecule has 3 aromatic rings. The monoisotopic (exact) mass is 403 g/mol. The molecular weight excluding hydrogens is 374 g/mol. The average molecular weight is 404 g/mol. The molecule has 0 aliphatic carbocycles. The van der Waals surface area contributed by atoms with Crippen molar-refractivity contribution in [1.82, 2.24) is 14.7 Å². The van der Waals surface area contributed by atoms with Gasteiger partial charge in [0.25, 0.3) is 0 Å². The summed E-state index contributed by atoms with van der Waals surface area (Å²) in [5.41, 5.74) is 6.73. The smallest absolute Gasteiger partial charge is 0.244 e. The van der Waals surface area contributed by atoms with Crippen molar-refractivity contribution in [2.75, 3.05) is 43.4 Å². The highest BCUT2D eigenvalue weighted by molar-refractivity contribution is 5.80. The number of hydrogen-bond acceptors (Lipinski definition) is 4. The van der Waals surface area contributed by atoms with Crippen LogP contribution in [0.2, 0.25) is 0 Å². The van der Waals surface area contributed by atoms with E-state index in [1.165, 1.54) is 16.8 Å². The summed E-state index contributed by atoms with van der Waals surface area (Å²) in [5, 5.41) is 7.59. The normalized spacial score (nSPS) is 14.1. The second kappa shape index (κ2) is 8.61. The van der Waals surface area contributed by atoms with Crippen LogP contribution >= 0.6 is 0 Å². The van der Waals surface area contributed by atoms with Gasteiger partial charge in [-0.25, -0.2) is 0 Å². The Morgan fingerprint density at radius 3 is 2.33 bits per heavy atom. The van der Waals surface area contributed by atoms with Gasteiger partial charge in [0, 0.05) is 55.9 Å². The molecular formula is C24H29N5O. The Kier molecular flexibility index (Phi) is 5.74. The molecule has 4 rings (SSSR count). The summed E-state index contributed by atoms with van der Waals surface area (Å²) in [7, 11) is 1.93. The van der Waals surface area contributed by atoms with Gasteiger partial charge in [-0.2, -0.15) is 5.10 Å². The SMILES string of the molecule is CNc1ccc(-c2ccccc2N2CCN(C(=O)Cn3nc(C)cc3C)CC2)cc1. The molecule has 156 valence electrons. The van der Waals surface area contributed by atoms with Gasteiger partial charge < -0.3 is 15.1 Å². The van der Waals surface area contributed by atoms with Gasteiger partial charge in [-0.1, -0.05) is 30.3 Å². The lowest BCUT2D eigenvalue weighted by atomic mass is 10.0. The summed E-state index contributed by atoms with van der Waals surface area (Å²) < 4.78 is 1.80. The molecule has 0 spiro atoms. The molecule has 1 saturated heterocycles. The van der Waals surface area contributed by atoms with Crippen LogP contribution in [0.5, 0.6) is 0 Å². The summed E-state index contributed by atoms with van der Waals surface area (Å²) in [5.74, 6) is 0.136. The van der Waals surface area contributed by atoms with Gasteiger partial charge in [0.2, 0.25) is 5.91 Å². The molecule has 0 saturated carbocycles. The number of nitrogens with zero attached hydrogens (tertiary/aromatic N) is 4. The summed E-state index contributed by atoms with van der Waals surface area (Å²) >= 11 is 0. The Hall–Kier alpha value is -3.28. The third-order valence-electron chi connectivity index (χ3n) is 5.75. The van der Waals surface area contributed by atoms with Crippen molar-refractivity contribution < 1.29 is 4.79 Å². The molecule has 1 aliphatic rings. The number of para-hydroxylation sites is 1. The summed E-state index contributed by atoms with van der Waals surface area (Å²) in [4.78, 5) is 17.1. The standard InChI is InChI=1S/C24H29N5O/c1-18-16-19(2)29(26-18)17-24(30)28-14-12-27(13-15-28)23-7-5-4-6-22(23)20-8-10-21(25-3)11-9-20/h4-11,16,25H,12-15,17H2,1-3H3. The molecule has 1 N–H and O–H groups in total. The molecule has 0 unspecified atom stereocenters. The van der Waals surface area contributed by atoms with E-state index in [1.807, 2.05) is 31.9 Å². The van der Waals surface area contributed by atoms with Gasteiger partial charge in [0.15, 0.2) is 0 Å². The fourth-order valence-corrected chi connectivity index (χ4v) is 4.07. The number of hydrogen-bond donors (Lipinski definition) is 1. The zero-order valence-electron chi connectivity index (χ0n) is 17.9. The number of nitrogens with one attached hydrogen (secondary N) is 1. The molecule has 0 atom stereocenters. The van der Waals surface area contributed by atoms with Crippen LogP contribution in [0.4, 0.5) is 11.4 Å². The summed E-state index contributed by atoms with van der Waals surface area (Å²) in [6.45, 7) is 7.37. The molecule has 0 radical (unpaired) electrons. The Balaban J connectivity index is 1.44. The van der Waals surface area contributed by atoms with Crippen molar-refractivity contribution in [2.24, 2.45) is 0 Å². The molecule has 30 heavy (non-hydrogen) atoms. The predicted octanol–water partition coefficient (Wildman–Crippen LogP) is 3.56. The Bertz CT molecular complexity index is 1020. The molecule has 1 aromatic heterocycles. The summed E-state index contributed by atoms with van der Waals surface area (Å²) in [6.07, 6.45) is 0. The number of benzene rings is 2. The highest BCUT2D eigenvalue weighted by atomic mass is 16.2. The van der Waals surface area contributed by atoms with Crippen molar-refractivity contribution in [2.45, 2.75) is 20.4 Å². The molecule has 1 fully saturated rings. The zero-order valence-corrected chi connectivity index (χ0v) is 17.9. The molecule has 6 heteroatoms. The van der Waals surface area contributed by atoms with Gasteiger partial charge in [-0.05, 0) is 43.7 Å². The minimum atomic E-state index is 0.136. The Morgan fingerprint density at radius 1 is 1.00 bits per heavy atom. The number of aromatic nitrogens is 2. The van der Waals surface area contributed by atoms with E-state index in [-0.39, 0.29) is 5.91 Å². The van der Waals surface area contributed by atoms with Crippen LogP contribution in [0.1, 0.15) is 11.4 Å². The molecule has 1 aliphatic heterocycles. The Morgan fingerprint density at radius 2 is 1.70 bits per heavy atom. The van der Waals surface area contributed by atoms with Crippen LogP contribution in [-0.4, -0.2) is 53.8 Å². The fraction of sp³-hybridized carbons (Fsp3) is 0.333. The first-order valence-corrected chi connectivity index (χ1v) is 10.5. The van der Waals surface area contributed by atoms with Crippen molar-refractivity contribution >= 4 is 17.3 Å². The minimum absolute atomic E-state index is 0.136. The molecule has 6 nitrogen and oxygen atoms in total. The maximum absolute atomic E-state index is 12.8. The van der Waals surface area contributed by atoms with Gasteiger partial charge in [0.1, 0.15) is 6.54 Å². The van der Waals surface area contributed by atoms with E-state index in [0.29, 0.717) is 6.54 Å². The highest BCUT2D eigenvalue weighted by Gasteiger charge is 2.23. The third-order valence-corrected chi connectivity index (χ3v) is 5.75. The molecule has 1 amide bonds. The second-order valence-electron chi connectivity index (χ2n) is 7.80. The van der Waals surface area contributed by atoms with E-state index in [9.17, 15) is 4.79 Å². The van der Waals surface area contributed by atoms with Gasteiger partial charge in [-0.3, -0.25) is 9.48 Å². The van der Waals surface area contributed by atoms with Crippen LogP contribution < -0.4 is 10.2 Å². The second-order valence-corrected chi connectivity index (χ2v) is 7.80. The molecule has 2 aromatic carbocycles. The molecule has 2 heterocycles. The minimum Gasteiger partial charge on any atom is -0.388 e.